The van der Waals surface area contributed by atoms with Gasteiger partial charge in [0.2, 0.25) is 0 Å². The second-order valence-electron chi connectivity index (χ2n) is 4.19. The van der Waals surface area contributed by atoms with Gasteiger partial charge < -0.3 is 14.8 Å². The maximum Gasteiger partial charge on any atom is 0.325 e. The Labute approximate surface area is 108 Å². The molecule has 0 bridgehead atoms. The predicted molar refractivity (Wildman–Crippen MR) is 69.9 cm³/mol. The van der Waals surface area contributed by atoms with Gasteiger partial charge >= 0.3 is 5.69 Å². The number of methoxy groups -OCH3 is 1. The molecular formula is C13H14N2O4. The molecule has 0 aliphatic rings. The maximum atomic E-state index is 11.7. The van der Waals surface area contributed by atoms with Crippen LogP contribution in [0.15, 0.2) is 27.8 Å². The molecule has 0 saturated heterocycles. The molecule has 0 unspecified atom stereocenters. The quantitative estimate of drug-likeness (QED) is 0.757. The SMILES string of the molecule is COc1ccc(Cc2c(C)[nH]c(=O)[nH]c2=O)cc1O. The van der Waals surface area contributed by atoms with Gasteiger partial charge in [0.15, 0.2) is 11.5 Å². The minimum Gasteiger partial charge on any atom is -0.504 e. The van der Waals surface area contributed by atoms with E-state index in [4.69, 9.17) is 4.74 Å². The molecule has 1 heterocycles. The van der Waals surface area contributed by atoms with Gasteiger partial charge in [-0.05, 0) is 24.6 Å². The molecule has 0 aliphatic heterocycles. The molecule has 100 valence electrons. The monoisotopic (exact) mass is 262 g/mol. The predicted octanol–water partition coefficient (Wildman–Crippen LogP) is 0.677. The first-order valence-electron chi connectivity index (χ1n) is 5.69. The first-order valence-corrected chi connectivity index (χ1v) is 5.69. The summed E-state index contributed by atoms with van der Waals surface area (Å²) in [6.07, 6.45) is 0.315. The number of hydrogen-bond donors (Lipinski definition) is 3. The van der Waals surface area contributed by atoms with Gasteiger partial charge in [0.1, 0.15) is 0 Å². The number of aryl methyl sites for hydroxylation is 1. The Balaban J connectivity index is 2.39. The van der Waals surface area contributed by atoms with Crippen molar-refractivity contribution >= 4 is 0 Å². The zero-order chi connectivity index (χ0) is 14.0. The van der Waals surface area contributed by atoms with E-state index >= 15 is 0 Å². The Morgan fingerprint density at radius 3 is 2.58 bits per heavy atom. The Bertz CT molecular complexity index is 715. The number of aromatic amines is 2. The van der Waals surface area contributed by atoms with E-state index in [1.165, 1.54) is 13.2 Å². The van der Waals surface area contributed by atoms with Gasteiger partial charge in [0, 0.05) is 17.7 Å². The van der Waals surface area contributed by atoms with Gasteiger partial charge in [-0.3, -0.25) is 9.78 Å². The van der Waals surface area contributed by atoms with Crippen LogP contribution in [0.3, 0.4) is 0 Å². The minimum atomic E-state index is -0.524. The second kappa shape index (κ2) is 5.01. The van der Waals surface area contributed by atoms with Crippen molar-refractivity contribution in [3.63, 3.8) is 0 Å². The summed E-state index contributed by atoms with van der Waals surface area (Å²) in [6, 6.07) is 4.91. The molecule has 3 N–H and O–H groups in total. The number of phenols is 1. The van der Waals surface area contributed by atoms with Gasteiger partial charge in [-0.1, -0.05) is 6.07 Å². The molecule has 1 aromatic carbocycles. The second-order valence-corrected chi connectivity index (χ2v) is 4.19. The Kier molecular flexibility index (Phi) is 3.41. The zero-order valence-corrected chi connectivity index (χ0v) is 10.6. The number of hydrogen-bond acceptors (Lipinski definition) is 4. The van der Waals surface area contributed by atoms with Crippen LogP contribution < -0.4 is 16.0 Å². The molecule has 0 spiro atoms. The first kappa shape index (κ1) is 12.9. The molecule has 6 heteroatoms. The van der Waals surface area contributed by atoms with Crippen LogP contribution in [0.4, 0.5) is 0 Å². The number of phenolic OH excluding ortho intramolecular Hbond substituents is 1. The molecule has 2 aromatic rings. The van der Waals surface area contributed by atoms with Crippen molar-refractivity contribution < 1.29 is 9.84 Å². The van der Waals surface area contributed by atoms with Crippen LogP contribution in [-0.2, 0) is 6.42 Å². The molecular weight excluding hydrogens is 248 g/mol. The van der Waals surface area contributed by atoms with Crippen LogP contribution in [0.25, 0.3) is 0 Å². The van der Waals surface area contributed by atoms with E-state index in [-0.39, 0.29) is 5.75 Å². The van der Waals surface area contributed by atoms with E-state index in [1.807, 2.05) is 0 Å². The Morgan fingerprint density at radius 1 is 1.26 bits per heavy atom. The summed E-state index contributed by atoms with van der Waals surface area (Å²) in [7, 11) is 1.46. The third kappa shape index (κ3) is 2.67. The molecule has 6 nitrogen and oxygen atoms in total. The fraction of sp³-hybridized carbons (Fsp3) is 0.231. The van der Waals surface area contributed by atoms with E-state index in [0.717, 1.165) is 5.56 Å². The van der Waals surface area contributed by atoms with Crippen LogP contribution in [0.1, 0.15) is 16.8 Å². The van der Waals surface area contributed by atoms with Crippen molar-refractivity contribution in [3.05, 3.63) is 55.9 Å². The third-order valence-corrected chi connectivity index (χ3v) is 2.88. The highest BCUT2D eigenvalue weighted by molar-refractivity contribution is 5.43. The van der Waals surface area contributed by atoms with E-state index < -0.39 is 11.2 Å². The van der Waals surface area contributed by atoms with Crippen LogP contribution in [0.2, 0.25) is 0 Å². The molecule has 19 heavy (non-hydrogen) atoms. The number of benzene rings is 1. The molecule has 0 amide bonds. The summed E-state index contributed by atoms with van der Waals surface area (Å²) >= 11 is 0. The highest BCUT2D eigenvalue weighted by Crippen LogP contribution is 2.26. The molecule has 0 fully saturated rings. The molecule has 0 atom stereocenters. The average molecular weight is 262 g/mol. The average Bonchev–Trinajstić information content (AvgIpc) is 2.34. The minimum absolute atomic E-state index is 0.0125. The first-order chi connectivity index (χ1) is 9.01. The largest absolute Gasteiger partial charge is 0.504 e. The van der Waals surface area contributed by atoms with Gasteiger partial charge in [-0.25, -0.2) is 4.79 Å². The van der Waals surface area contributed by atoms with Crippen molar-refractivity contribution in [2.45, 2.75) is 13.3 Å². The smallest absolute Gasteiger partial charge is 0.325 e. The topological polar surface area (TPSA) is 95.2 Å². The summed E-state index contributed by atoms with van der Waals surface area (Å²) < 4.78 is 4.95. The van der Waals surface area contributed by atoms with Crippen LogP contribution in [-0.4, -0.2) is 22.2 Å². The lowest BCUT2D eigenvalue weighted by Crippen LogP contribution is -2.27. The number of aromatic nitrogens is 2. The van der Waals surface area contributed by atoms with Crippen LogP contribution >= 0.6 is 0 Å². The Morgan fingerprint density at radius 2 is 2.00 bits per heavy atom. The normalized spacial score (nSPS) is 10.4. The number of aromatic hydroxyl groups is 1. The van der Waals surface area contributed by atoms with Crippen LogP contribution in [0.5, 0.6) is 11.5 Å². The Hall–Kier alpha value is -2.50. The lowest BCUT2D eigenvalue weighted by atomic mass is 10.0. The number of ether oxygens (including phenoxy) is 1. The van der Waals surface area contributed by atoms with Crippen molar-refractivity contribution in [1.29, 1.82) is 0 Å². The van der Waals surface area contributed by atoms with E-state index in [0.29, 0.717) is 23.4 Å². The molecule has 1 aromatic heterocycles. The third-order valence-electron chi connectivity index (χ3n) is 2.88. The van der Waals surface area contributed by atoms with Gasteiger partial charge in [-0.2, -0.15) is 0 Å². The van der Waals surface area contributed by atoms with E-state index in [2.05, 4.69) is 9.97 Å². The summed E-state index contributed by atoms with van der Waals surface area (Å²) in [5, 5.41) is 9.68. The fourth-order valence-corrected chi connectivity index (χ4v) is 1.89. The summed E-state index contributed by atoms with van der Waals surface area (Å²) in [4.78, 5) is 27.5. The van der Waals surface area contributed by atoms with Gasteiger partial charge in [-0.15, -0.1) is 0 Å². The number of H-pyrrole nitrogens is 2. The zero-order valence-electron chi connectivity index (χ0n) is 10.6. The van der Waals surface area contributed by atoms with Crippen molar-refractivity contribution in [3.8, 4) is 11.5 Å². The van der Waals surface area contributed by atoms with Crippen LogP contribution in [0, 0.1) is 6.92 Å². The highest BCUT2D eigenvalue weighted by Gasteiger charge is 2.09. The molecule has 2 rings (SSSR count). The number of rotatable bonds is 3. The lowest BCUT2D eigenvalue weighted by molar-refractivity contribution is 0.373. The lowest BCUT2D eigenvalue weighted by Gasteiger charge is -2.07. The maximum absolute atomic E-state index is 11.7. The summed E-state index contributed by atoms with van der Waals surface area (Å²) in [6.45, 7) is 1.66. The van der Waals surface area contributed by atoms with Gasteiger partial charge in [0.25, 0.3) is 5.56 Å². The number of nitrogens with one attached hydrogen (secondary N) is 2. The van der Waals surface area contributed by atoms with Gasteiger partial charge in [0.05, 0.1) is 7.11 Å². The molecule has 0 aliphatic carbocycles. The summed E-state index contributed by atoms with van der Waals surface area (Å²) in [5.41, 5.74) is 0.785. The molecule has 0 radical (unpaired) electrons. The van der Waals surface area contributed by atoms with E-state index in [1.54, 1.807) is 19.1 Å². The summed E-state index contributed by atoms with van der Waals surface area (Å²) in [5.74, 6) is 0.384. The van der Waals surface area contributed by atoms with E-state index in [9.17, 15) is 14.7 Å². The van der Waals surface area contributed by atoms with Crippen molar-refractivity contribution in [2.24, 2.45) is 0 Å². The molecule has 0 saturated carbocycles. The highest BCUT2D eigenvalue weighted by atomic mass is 16.5. The van der Waals surface area contributed by atoms with Crippen molar-refractivity contribution in [1.82, 2.24) is 9.97 Å². The fourth-order valence-electron chi connectivity index (χ4n) is 1.89. The van der Waals surface area contributed by atoms with Crippen molar-refractivity contribution in [2.75, 3.05) is 7.11 Å². The standard InChI is InChI=1S/C13H14N2O4/c1-7-9(12(17)15-13(18)14-7)5-8-3-4-11(19-2)10(16)6-8/h3-4,6,16H,5H2,1-2H3,(H2,14,15,17,18).